The highest BCUT2D eigenvalue weighted by molar-refractivity contribution is 7.92. The van der Waals surface area contributed by atoms with Crippen molar-refractivity contribution < 1.29 is 18.3 Å². The van der Waals surface area contributed by atoms with Crippen molar-refractivity contribution in [3.8, 4) is 5.75 Å². The maximum absolute atomic E-state index is 12.5. The van der Waals surface area contributed by atoms with Gasteiger partial charge in [0.25, 0.3) is 15.9 Å². The number of imidazole rings is 1. The number of sulfonamides is 1. The summed E-state index contributed by atoms with van der Waals surface area (Å²) in [6.07, 6.45) is 1.44. The number of halogens is 1. The maximum Gasteiger partial charge on any atom is 0.261 e. The number of aromatic amines is 1. The quantitative estimate of drug-likeness (QED) is 0.558. The molecular formula is C14H11ClN4O4S. The molecule has 2 aromatic carbocycles. The smallest absolute Gasteiger partial charge is 0.261 e. The summed E-state index contributed by atoms with van der Waals surface area (Å²) >= 11 is 6.05. The molecule has 0 spiro atoms. The van der Waals surface area contributed by atoms with Crippen LogP contribution in [0.15, 0.2) is 41.6 Å². The van der Waals surface area contributed by atoms with Crippen LogP contribution in [0, 0.1) is 0 Å². The summed E-state index contributed by atoms with van der Waals surface area (Å²) in [5.74, 6) is -1.34. The largest absolute Gasteiger partial charge is 0.507 e. The first kappa shape index (κ1) is 16.1. The van der Waals surface area contributed by atoms with E-state index in [2.05, 4.69) is 14.7 Å². The molecule has 3 rings (SSSR count). The molecule has 1 heterocycles. The molecule has 0 unspecified atom stereocenters. The Kier molecular flexibility index (Phi) is 3.82. The fourth-order valence-electron chi connectivity index (χ4n) is 2.16. The lowest BCUT2D eigenvalue weighted by atomic mass is 10.2. The Morgan fingerprint density at radius 2 is 2.04 bits per heavy atom. The van der Waals surface area contributed by atoms with E-state index in [1.54, 1.807) is 0 Å². The van der Waals surface area contributed by atoms with E-state index >= 15 is 0 Å². The van der Waals surface area contributed by atoms with Crippen LogP contribution in [0.1, 0.15) is 10.4 Å². The number of aromatic hydroxyl groups is 1. The summed E-state index contributed by atoms with van der Waals surface area (Å²) < 4.78 is 27.3. The van der Waals surface area contributed by atoms with Crippen LogP contribution in [0.5, 0.6) is 5.75 Å². The molecule has 1 aromatic heterocycles. The van der Waals surface area contributed by atoms with Gasteiger partial charge in [0.1, 0.15) is 11.3 Å². The lowest BCUT2D eigenvalue weighted by Crippen LogP contribution is -2.16. The number of nitrogens with zero attached hydrogens (tertiary/aromatic N) is 1. The fraction of sp³-hybridized carbons (Fsp3) is 0. The molecule has 5 N–H and O–H groups in total. The van der Waals surface area contributed by atoms with Gasteiger partial charge in [-0.15, -0.1) is 0 Å². The SMILES string of the molecule is NC(=O)c1cc(S(=O)(=O)Nc2cc(Cl)c3nc[nH]c3c2)ccc1O. The number of primary amides is 1. The number of phenols is 1. The summed E-state index contributed by atoms with van der Waals surface area (Å²) in [6, 6.07) is 6.18. The Labute approximate surface area is 141 Å². The van der Waals surface area contributed by atoms with E-state index < -0.39 is 21.7 Å². The van der Waals surface area contributed by atoms with Crippen molar-refractivity contribution in [2.45, 2.75) is 4.90 Å². The van der Waals surface area contributed by atoms with Gasteiger partial charge in [-0.05, 0) is 30.3 Å². The first-order valence-corrected chi connectivity index (χ1v) is 8.42. The van der Waals surface area contributed by atoms with Crippen molar-refractivity contribution in [3.63, 3.8) is 0 Å². The third-order valence-corrected chi connectivity index (χ3v) is 4.94. The highest BCUT2D eigenvalue weighted by Gasteiger charge is 2.19. The molecule has 0 fully saturated rings. The highest BCUT2D eigenvalue weighted by atomic mass is 35.5. The zero-order valence-electron chi connectivity index (χ0n) is 11.9. The first-order valence-electron chi connectivity index (χ1n) is 6.56. The van der Waals surface area contributed by atoms with Gasteiger partial charge in [0.15, 0.2) is 0 Å². The third-order valence-electron chi connectivity index (χ3n) is 3.27. The molecule has 0 saturated heterocycles. The van der Waals surface area contributed by atoms with E-state index in [0.29, 0.717) is 11.0 Å². The molecule has 24 heavy (non-hydrogen) atoms. The number of rotatable bonds is 4. The summed E-state index contributed by atoms with van der Waals surface area (Å²) in [6.45, 7) is 0. The number of aromatic nitrogens is 2. The normalized spacial score (nSPS) is 11.5. The van der Waals surface area contributed by atoms with Gasteiger partial charge in [-0.1, -0.05) is 11.6 Å². The summed E-state index contributed by atoms with van der Waals surface area (Å²) in [4.78, 5) is 17.9. The number of nitrogens with two attached hydrogens (primary N) is 1. The first-order chi connectivity index (χ1) is 11.3. The van der Waals surface area contributed by atoms with E-state index in [1.165, 1.54) is 18.5 Å². The van der Waals surface area contributed by atoms with Gasteiger partial charge in [-0.3, -0.25) is 9.52 Å². The minimum Gasteiger partial charge on any atom is -0.507 e. The highest BCUT2D eigenvalue weighted by Crippen LogP contribution is 2.28. The van der Waals surface area contributed by atoms with E-state index in [4.69, 9.17) is 17.3 Å². The molecule has 0 saturated carbocycles. The molecule has 0 aliphatic heterocycles. The lowest BCUT2D eigenvalue weighted by molar-refractivity contribution is 0.0997. The van der Waals surface area contributed by atoms with Crippen LogP contribution in [0.4, 0.5) is 5.69 Å². The van der Waals surface area contributed by atoms with Crippen LogP contribution in [0.2, 0.25) is 5.02 Å². The van der Waals surface area contributed by atoms with Crippen molar-refractivity contribution in [1.82, 2.24) is 9.97 Å². The Balaban J connectivity index is 2.01. The van der Waals surface area contributed by atoms with Crippen molar-refractivity contribution >= 4 is 44.3 Å². The molecule has 1 amide bonds. The monoisotopic (exact) mass is 366 g/mol. The standard InChI is InChI=1S/C14H11ClN4O4S/c15-10-3-7(4-11-13(10)18-6-17-11)19-24(22,23)8-1-2-12(20)9(5-8)14(16)21/h1-6,19-20H,(H2,16,21)(H,17,18). The van der Waals surface area contributed by atoms with Crippen molar-refractivity contribution in [2.75, 3.05) is 4.72 Å². The Bertz CT molecular complexity index is 1060. The molecule has 0 bridgehead atoms. The van der Waals surface area contributed by atoms with E-state index in [9.17, 15) is 18.3 Å². The van der Waals surface area contributed by atoms with Gasteiger partial charge in [-0.2, -0.15) is 0 Å². The lowest BCUT2D eigenvalue weighted by Gasteiger charge is -2.10. The van der Waals surface area contributed by atoms with Crippen LogP contribution in [-0.4, -0.2) is 29.4 Å². The zero-order chi connectivity index (χ0) is 17.5. The second kappa shape index (κ2) is 5.69. The minimum absolute atomic E-state index is 0.213. The van der Waals surface area contributed by atoms with Gasteiger partial charge >= 0.3 is 0 Å². The van der Waals surface area contributed by atoms with Crippen molar-refractivity contribution in [2.24, 2.45) is 5.73 Å². The molecule has 0 aliphatic rings. The van der Waals surface area contributed by atoms with E-state index in [-0.39, 0.29) is 21.2 Å². The predicted octanol–water partition coefficient (Wildman–Crippen LogP) is 1.82. The van der Waals surface area contributed by atoms with Crippen LogP contribution < -0.4 is 10.5 Å². The van der Waals surface area contributed by atoms with E-state index in [0.717, 1.165) is 18.2 Å². The molecule has 124 valence electrons. The number of H-pyrrole nitrogens is 1. The number of carbonyl (C=O) groups is 1. The number of amides is 1. The number of nitrogens with one attached hydrogen (secondary N) is 2. The predicted molar refractivity (Wildman–Crippen MR) is 88.5 cm³/mol. The van der Waals surface area contributed by atoms with Gasteiger partial charge in [0.05, 0.1) is 33.0 Å². The number of anilines is 1. The Morgan fingerprint density at radius 1 is 1.29 bits per heavy atom. The molecule has 8 nitrogen and oxygen atoms in total. The Hall–Kier alpha value is -2.78. The maximum atomic E-state index is 12.5. The van der Waals surface area contributed by atoms with Crippen molar-refractivity contribution in [3.05, 3.63) is 47.2 Å². The number of hydrogen-bond acceptors (Lipinski definition) is 5. The third kappa shape index (κ3) is 2.86. The Morgan fingerprint density at radius 3 is 2.75 bits per heavy atom. The molecule has 0 atom stereocenters. The number of benzene rings is 2. The zero-order valence-corrected chi connectivity index (χ0v) is 13.5. The van der Waals surface area contributed by atoms with Gasteiger partial charge in [0, 0.05) is 0 Å². The van der Waals surface area contributed by atoms with Gasteiger partial charge in [-0.25, -0.2) is 13.4 Å². The van der Waals surface area contributed by atoms with Crippen LogP contribution >= 0.6 is 11.6 Å². The molecular weight excluding hydrogens is 356 g/mol. The second-order valence-corrected chi connectivity index (χ2v) is 7.00. The number of hydrogen-bond donors (Lipinski definition) is 4. The average molecular weight is 367 g/mol. The van der Waals surface area contributed by atoms with Crippen molar-refractivity contribution in [1.29, 1.82) is 0 Å². The summed E-state index contributed by atoms with van der Waals surface area (Å²) in [5.41, 5.74) is 6.10. The minimum atomic E-state index is -4.02. The van der Waals surface area contributed by atoms with Crippen LogP contribution in [0.25, 0.3) is 11.0 Å². The fourth-order valence-corrected chi connectivity index (χ4v) is 3.49. The summed E-state index contributed by atoms with van der Waals surface area (Å²) in [7, 11) is -4.02. The molecule has 3 aromatic rings. The van der Waals surface area contributed by atoms with Gasteiger partial charge < -0.3 is 15.8 Å². The molecule has 0 radical (unpaired) electrons. The number of fused-ring (bicyclic) bond motifs is 1. The van der Waals surface area contributed by atoms with Crippen LogP contribution in [0.3, 0.4) is 0 Å². The molecule has 0 aliphatic carbocycles. The van der Waals surface area contributed by atoms with Gasteiger partial charge in [0.2, 0.25) is 0 Å². The van der Waals surface area contributed by atoms with Crippen LogP contribution in [-0.2, 0) is 10.0 Å². The topological polar surface area (TPSA) is 138 Å². The average Bonchev–Trinajstić information content (AvgIpc) is 2.95. The van der Waals surface area contributed by atoms with E-state index in [1.807, 2.05) is 0 Å². The number of carbonyl (C=O) groups excluding carboxylic acids is 1. The summed E-state index contributed by atoms with van der Waals surface area (Å²) in [5, 5.41) is 9.82. The molecule has 10 heteroatoms. The second-order valence-electron chi connectivity index (χ2n) is 4.91.